The number of benzene rings is 2. The lowest BCUT2D eigenvalue weighted by molar-refractivity contribution is -0.119. The summed E-state index contributed by atoms with van der Waals surface area (Å²) in [6, 6.07) is 12.1. The molecule has 0 atom stereocenters. The summed E-state index contributed by atoms with van der Waals surface area (Å²) in [6.45, 7) is -0.654. The summed E-state index contributed by atoms with van der Waals surface area (Å²) in [4.78, 5) is 24.8. The van der Waals surface area contributed by atoms with Crippen molar-refractivity contribution >= 4 is 39.0 Å². The summed E-state index contributed by atoms with van der Waals surface area (Å²) in [5.41, 5.74) is 0.376. The van der Waals surface area contributed by atoms with Crippen molar-refractivity contribution in [3.63, 3.8) is 0 Å². The number of halogens is 1. The first-order valence-electron chi connectivity index (χ1n) is 9.48. The van der Waals surface area contributed by atoms with Gasteiger partial charge in [-0.1, -0.05) is 29.8 Å². The maximum atomic E-state index is 12.6. The summed E-state index contributed by atoms with van der Waals surface area (Å²) in [5, 5.41) is 2.82. The number of hydrogen-bond donors (Lipinski definition) is 1. The molecule has 0 unspecified atom stereocenters. The van der Waals surface area contributed by atoms with E-state index in [0.29, 0.717) is 5.75 Å². The van der Waals surface area contributed by atoms with Crippen molar-refractivity contribution in [1.29, 1.82) is 0 Å². The van der Waals surface area contributed by atoms with E-state index in [1.54, 1.807) is 18.2 Å². The molecule has 0 saturated heterocycles. The van der Waals surface area contributed by atoms with Gasteiger partial charge in [-0.3, -0.25) is 4.79 Å². The number of amides is 1. The molecule has 174 valence electrons. The summed E-state index contributed by atoms with van der Waals surface area (Å²) >= 11 is 6.04. The van der Waals surface area contributed by atoms with Crippen LogP contribution >= 0.6 is 11.6 Å². The van der Waals surface area contributed by atoms with Crippen LogP contribution < -0.4 is 14.8 Å². The van der Waals surface area contributed by atoms with Crippen molar-refractivity contribution in [3.05, 3.63) is 71.1 Å². The van der Waals surface area contributed by atoms with Gasteiger partial charge in [-0.05, 0) is 18.2 Å². The van der Waals surface area contributed by atoms with E-state index >= 15 is 0 Å². The number of rotatable bonds is 9. The number of hydrogen-bond acceptors (Lipinski definition) is 8. The summed E-state index contributed by atoms with van der Waals surface area (Å²) in [6.07, 6.45) is 1.18. The number of carbonyl (C=O) groups excluding carboxylic acids is 2. The number of anilines is 1. The minimum absolute atomic E-state index is 0.109. The molecule has 1 N–H and O–H groups in total. The number of furan rings is 1. The quantitative estimate of drug-likeness (QED) is 0.448. The number of nitrogens with one attached hydrogen (secondary N) is 1. The molecule has 1 heterocycles. The van der Waals surface area contributed by atoms with Crippen molar-refractivity contribution in [3.8, 4) is 11.5 Å². The summed E-state index contributed by atoms with van der Waals surface area (Å²) in [7, 11) is -0.897. The number of ether oxygens (including phenoxy) is 3. The minimum atomic E-state index is -3.71. The molecule has 0 bridgehead atoms. The molecule has 0 saturated carbocycles. The Morgan fingerprint density at radius 3 is 2.39 bits per heavy atom. The van der Waals surface area contributed by atoms with E-state index in [0.717, 1.165) is 0 Å². The summed E-state index contributed by atoms with van der Waals surface area (Å²) in [5.74, 6) is -1.82. The van der Waals surface area contributed by atoms with Gasteiger partial charge in [-0.2, -0.15) is 0 Å². The van der Waals surface area contributed by atoms with Crippen LogP contribution in [0.4, 0.5) is 5.69 Å². The van der Waals surface area contributed by atoms with Crippen LogP contribution in [0.5, 0.6) is 11.5 Å². The number of sulfone groups is 1. The highest BCUT2D eigenvalue weighted by Gasteiger charge is 2.24. The van der Waals surface area contributed by atoms with Gasteiger partial charge in [0.25, 0.3) is 5.91 Å². The van der Waals surface area contributed by atoms with E-state index in [1.165, 1.54) is 50.8 Å². The maximum absolute atomic E-state index is 12.6. The van der Waals surface area contributed by atoms with Crippen LogP contribution in [-0.4, -0.2) is 41.1 Å². The zero-order valence-corrected chi connectivity index (χ0v) is 19.2. The highest BCUT2D eigenvalue weighted by atomic mass is 35.5. The average Bonchev–Trinajstić information content (AvgIpc) is 3.26. The molecule has 0 spiro atoms. The van der Waals surface area contributed by atoms with E-state index in [-0.39, 0.29) is 32.7 Å². The number of carbonyl (C=O) groups is 2. The second kappa shape index (κ2) is 10.4. The normalized spacial score (nSPS) is 11.0. The standard InChI is InChI=1S/C22H20ClNO8S/c1-29-18-11-17(19(30-2)10-16(18)23)24-20(25)12-32-22(26)21-14(8-9-31-21)13-33(27,28)15-6-4-3-5-7-15/h3-11H,12-13H2,1-2H3,(H,24,25). The first kappa shape index (κ1) is 24.1. The van der Waals surface area contributed by atoms with E-state index < -0.39 is 34.1 Å². The molecule has 0 aliphatic heterocycles. The Morgan fingerprint density at radius 1 is 1.03 bits per heavy atom. The fraction of sp³-hybridized carbons (Fsp3) is 0.182. The Labute approximate surface area is 195 Å². The Bertz CT molecular complexity index is 1250. The smallest absolute Gasteiger partial charge is 0.375 e. The number of methoxy groups -OCH3 is 2. The highest BCUT2D eigenvalue weighted by Crippen LogP contribution is 2.35. The van der Waals surface area contributed by atoms with Crippen molar-refractivity contribution < 1.29 is 36.6 Å². The first-order chi connectivity index (χ1) is 15.7. The van der Waals surface area contributed by atoms with Gasteiger partial charge in [-0.25, -0.2) is 13.2 Å². The van der Waals surface area contributed by atoms with E-state index in [2.05, 4.69) is 5.32 Å². The second-order valence-corrected chi connectivity index (χ2v) is 9.06. The third-order valence-electron chi connectivity index (χ3n) is 4.46. The van der Waals surface area contributed by atoms with Crippen LogP contribution in [0.25, 0.3) is 0 Å². The molecule has 33 heavy (non-hydrogen) atoms. The molecule has 1 aromatic heterocycles. The second-order valence-electron chi connectivity index (χ2n) is 6.66. The lowest BCUT2D eigenvalue weighted by Gasteiger charge is -2.13. The molecule has 1 amide bonds. The van der Waals surface area contributed by atoms with Crippen LogP contribution in [0.1, 0.15) is 16.1 Å². The van der Waals surface area contributed by atoms with Crippen molar-refractivity contribution in [1.82, 2.24) is 0 Å². The molecule has 0 aliphatic rings. The predicted molar refractivity (Wildman–Crippen MR) is 120 cm³/mol. The maximum Gasteiger partial charge on any atom is 0.375 e. The van der Waals surface area contributed by atoms with E-state index in [1.807, 2.05) is 0 Å². The van der Waals surface area contributed by atoms with Gasteiger partial charge in [0.05, 0.1) is 41.8 Å². The molecule has 3 aromatic rings. The highest BCUT2D eigenvalue weighted by molar-refractivity contribution is 7.90. The zero-order valence-electron chi connectivity index (χ0n) is 17.7. The number of esters is 1. The van der Waals surface area contributed by atoms with Gasteiger partial charge < -0.3 is 23.9 Å². The average molecular weight is 494 g/mol. The Morgan fingerprint density at radius 2 is 1.73 bits per heavy atom. The van der Waals surface area contributed by atoms with Crippen LogP contribution in [0.2, 0.25) is 5.02 Å². The molecule has 2 aromatic carbocycles. The van der Waals surface area contributed by atoms with Gasteiger partial charge in [0.15, 0.2) is 16.4 Å². The predicted octanol–water partition coefficient (Wildman–Crippen LogP) is 3.72. The van der Waals surface area contributed by atoms with Gasteiger partial charge in [-0.15, -0.1) is 0 Å². The van der Waals surface area contributed by atoms with E-state index in [9.17, 15) is 18.0 Å². The molecule has 0 radical (unpaired) electrons. The molecule has 3 rings (SSSR count). The molecule has 11 heteroatoms. The lowest BCUT2D eigenvalue weighted by Crippen LogP contribution is -2.21. The molecular weight excluding hydrogens is 474 g/mol. The molecule has 0 fully saturated rings. The monoisotopic (exact) mass is 493 g/mol. The molecule has 0 aliphatic carbocycles. The largest absolute Gasteiger partial charge is 0.495 e. The Hall–Kier alpha value is -3.50. The van der Waals surface area contributed by atoms with Gasteiger partial charge in [0.1, 0.15) is 11.5 Å². The fourth-order valence-corrected chi connectivity index (χ4v) is 4.49. The van der Waals surface area contributed by atoms with Crippen LogP contribution in [0.3, 0.4) is 0 Å². The van der Waals surface area contributed by atoms with Crippen molar-refractivity contribution in [2.45, 2.75) is 10.6 Å². The van der Waals surface area contributed by atoms with Gasteiger partial charge >= 0.3 is 5.97 Å². The Balaban J connectivity index is 1.66. The third kappa shape index (κ3) is 5.85. The van der Waals surface area contributed by atoms with Crippen LogP contribution in [-0.2, 0) is 25.1 Å². The molecular formula is C22H20ClNO8S. The van der Waals surface area contributed by atoms with Crippen molar-refractivity contribution in [2.24, 2.45) is 0 Å². The van der Waals surface area contributed by atoms with Crippen molar-refractivity contribution in [2.75, 3.05) is 26.1 Å². The fourth-order valence-electron chi connectivity index (χ4n) is 2.89. The third-order valence-corrected chi connectivity index (χ3v) is 6.44. The van der Waals surface area contributed by atoms with Crippen LogP contribution in [0, 0.1) is 0 Å². The lowest BCUT2D eigenvalue weighted by atomic mass is 10.2. The molecule has 9 nitrogen and oxygen atoms in total. The zero-order chi connectivity index (χ0) is 24.0. The SMILES string of the molecule is COc1cc(NC(=O)COC(=O)c2occc2CS(=O)(=O)c2ccccc2)c(OC)cc1Cl. The van der Waals surface area contributed by atoms with Gasteiger partial charge in [0, 0.05) is 17.7 Å². The van der Waals surface area contributed by atoms with Crippen LogP contribution in [0.15, 0.2) is 64.1 Å². The van der Waals surface area contributed by atoms with Gasteiger partial charge in [0.2, 0.25) is 5.76 Å². The summed E-state index contributed by atoms with van der Waals surface area (Å²) < 4.78 is 45.6. The van der Waals surface area contributed by atoms with E-state index in [4.69, 9.17) is 30.2 Å². The Kier molecular flexibility index (Phi) is 7.62. The minimum Gasteiger partial charge on any atom is -0.495 e. The first-order valence-corrected chi connectivity index (χ1v) is 11.5. The topological polar surface area (TPSA) is 121 Å².